The summed E-state index contributed by atoms with van der Waals surface area (Å²) in [5, 5.41) is 19.8. The van der Waals surface area contributed by atoms with E-state index in [1.54, 1.807) is 0 Å². The van der Waals surface area contributed by atoms with Gasteiger partial charge in [0.05, 0.1) is 10.8 Å². The Labute approximate surface area is 130 Å². The molecule has 118 valence electrons. The van der Waals surface area contributed by atoms with Crippen molar-refractivity contribution in [1.82, 2.24) is 0 Å². The molecule has 0 aliphatic carbocycles. The fourth-order valence-electron chi connectivity index (χ4n) is 2.27. The quantitative estimate of drug-likeness (QED) is 0.871. The van der Waals surface area contributed by atoms with Crippen LogP contribution in [0.15, 0.2) is 22.6 Å². The fraction of sp³-hybridized carbons (Fsp3) is 0.231. The van der Waals surface area contributed by atoms with Crippen molar-refractivity contribution in [3.8, 4) is 22.8 Å². The number of rotatable bonds is 2. The van der Waals surface area contributed by atoms with E-state index < -0.39 is 27.3 Å². The summed E-state index contributed by atoms with van der Waals surface area (Å²) in [6, 6.07) is 3.66. The first-order valence-electron chi connectivity index (χ1n) is 6.32. The van der Waals surface area contributed by atoms with Crippen LogP contribution in [-0.4, -0.2) is 30.9 Å². The van der Waals surface area contributed by atoms with Crippen LogP contribution >= 0.6 is 11.6 Å². The fourth-order valence-corrected chi connectivity index (χ4v) is 3.89. The minimum absolute atomic E-state index is 0.0706. The Morgan fingerprint density at radius 3 is 2.59 bits per heavy atom. The minimum Gasteiger partial charge on any atom is -0.502 e. The Balaban J connectivity index is 2.12. The second kappa shape index (κ2) is 5.06. The number of nitrogens with zero attached hydrogens (tertiary/aromatic N) is 1. The van der Waals surface area contributed by atoms with Gasteiger partial charge in [-0.1, -0.05) is 11.6 Å². The highest BCUT2D eigenvalue weighted by molar-refractivity contribution is 7.93. The monoisotopic (exact) mass is 347 g/mol. The van der Waals surface area contributed by atoms with Crippen LogP contribution in [0.2, 0.25) is 5.02 Å². The van der Waals surface area contributed by atoms with Crippen molar-refractivity contribution in [3.63, 3.8) is 0 Å². The minimum atomic E-state index is -3.59. The van der Waals surface area contributed by atoms with Crippen molar-refractivity contribution in [2.75, 3.05) is 16.6 Å². The van der Waals surface area contributed by atoms with Gasteiger partial charge in [0, 0.05) is 12.1 Å². The van der Waals surface area contributed by atoms with Crippen LogP contribution in [0, 0.1) is 5.82 Å². The van der Waals surface area contributed by atoms with E-state index in [9.17, 15) is 23.0 Å². The Bertz CT molecular complexity index is 848. The van der Waals surface area contributed by atoms with E-state index in [1.807, 2.05) is 0 Å². The summed E-state index contributed by atoms with van der Waals surface area (Å²) in [6.07, 6.45) is 0.383. The zero-order chi connectivity index (χ0) is 16.1. The Morgan fingerprint density at radius 2 is 2.00 bits per heavy atom. The molecule has 9 heteroatoms. The van der Waals surface area contributed by atoms with Gasteiger partial charge in [-0.15, -0.1) is 0 Å². The number of furan rings is 1. The molecule has 2 heterocycles. The maximum atomic E-state index is 13.5. The highest BCUT2D eigenvalue weighted by Gasteiger charge is 2.35. The molecule has 22 heavy (non-hydrogen) atoms. The molecule has 6 nitrogen and oxygen atoms in total. The van der Waals surface area contributed by atoms with Crippen molar-refractivity contribution >= 4 is 27.5 Å². The van der Waals surface area contributed by atoms with Gasteiger partial charge in [-0.3, -0.25) is 0 Å². The maximum Gasteiger partial charge on any atom is 0.256 e. The summed E-state index contributed by atoms with van der Waals surface area (Å²) in [5.74, 6) is -2.76. The van der Waals surface area contributed by atoms with Gasteiger partial charge in [-0.25, -0.2) is 17.1 Å². The van der Waals surface area contributed by atoms with Gasteiger partial charge in [0.1, 0.15) is 5.82 Å². The van der Waals surface area contributed by atoms with Crippen molar-refractivity contribution < 1.29 is 27.4 Å². The van der Waals surface area contributed by atoms with Gasteiger partial charge in [0.15, 0.2) is 5.76 Å². The molecule has 0 atom stereocenters. The summed E-state index contributed by atoms with van der Waals surface area (Å²) in [5.41, 5.74) is 0.123. The number of halogens is 2. The zero-order valence-electron chi connectivity index (χ0n) is 11.1. The lowest BCUT2D eigenvalue weighted by atomic mass is 10.1. The molecule has 1 aliphatic rings. The first-order chi connectivity index (χ1) is 10.3. The molecule has 3 rings (SSSR count). The molecule has 1 aromatic carbocycles. The van der Waals surface area contributed by atoms with E-state index in [4.69, 9.17) is 16.0 Å². The van der Waals surface area contributed by atoms with Crippen molar-refractivity contribution in [3.05, 3.63) is 29.0 Å². The van der Waals surface area contributed by atoms with E-state index in [-0.39, 0.29) is 34.5 Å². The smallest absolute Gasteiger partial charge is 0.256 e. The predicted molar refractivity (Wildman–Crippen MR) is 78.2 cm³/mol. The largest absolute Gasteiger partial charge is 0.502 e. The van der Waals surface area contributed by atoms with E-state index in [2.05, 4.69) is 0 Å². The maximum absolute atomic E-state index is 13.5. The highest BCUT2D eigenvalue weighted by atomic mass is 35.5. The average molecular weight is 348 g/mol. The lowest BCUT2D eigenvalue weighted by molar-refractivity contribution is 0.409. The first kappa shape index (κ1) is 15.0. The summed E-state index contributed by atoms with van der Waals surface area (Å²) in [7, 11) is -3.59. The second-order valence-electron chi connectivity index (χ2n) is 4.80. The molecule has 0 amide bonds. The van der Waals surface area contributed by atoms with Gasteiger partial charge in [-0.2, -0.15) is 0 Å². The molecule has 0 bridgehead atoms. The number of benzene rings is 1. The van der Waals surface area contributed by atoms with E-state index in [1.165, 1.54) is 12.1 Å². The number of anilines is 1. The van der Waals surface area contributed by atoms with Gasteiger partial charge in [0.25, 0.3) is 5.88 Å². The van der Waals surface area contributed by atoms with Gasteiger partial charge in [0.2, 0.25) is 21.5 Å². The summed E-state index contributed by atoms with van der Waals surface area (Å²) in [6.45, 7) is 0.136. The third kappa shape index (κ3) is 2.28. The van der Waals surface area contributed by atoms with E-state index in [0.29, 0.717) is 6.42 Å². The molecule has 0 unspecified atom stereocenters. The number of aromatic hydroxyl groups is 2. The zero-order valence-corrected chi connectivity index (χ0v) is 12.7. The van der Waals surface area contributed by atoms with Crippen molar-refractivity contribution in [1.29, 1.82) is 0 Å². The molecule has 1 aromatic heterocycles. The number of sulfonamides is 1. The second-order valence-corrected chi connectivity index (χ2v) is 7.22. The molecule has 1 fully saturated rings. The molecule has 0 radical (unpaired) electrons. The molecule has 2 N–H and O–H groups in total. The summed E-state index contributed by atoms with van der Waals surface area (Å²) < 4.78 is 43.4. The highest BCUT2D eigenvalue weighted by Crippen LogP contribution is 2.48. The van der Waals surface area contributed by atoms with Crippen LogP contribution in [-0.2, 0) is 10.0 Å². The van der Waals surface area contributed by atoms with Crippen LogP contribution in [0.3, 0.4) is 0 Å². The third-order valence-electron chi connectivity index (χ3n) is 3.35. The van der Waals surface area contributed by atoms with Crippen LogP contribution in [0.5, 0.6) is 11.5 Å². The standard InChI is InChI=1S/C13H11ClFNO5S/c14-8-3-2-7(6-9(8)15)12-10(17)11(18)13(21-12)16-4-1-5-22(16,19)20/h2-3,6,17-18H,1,4-5H2. The van der Waals surface area contributed by atoms with E-state index >= 15 is 0 Å². The Morgan fingerprint density at radius 1 is 1.27 bits per heavy atom. The third-order valence-corrected chi connectivity index (χ3v) is 5.48. The molecule has 1 saturated heterocycles. The molecule has 2 aromatic rings. The van der Waals surface area contributed by atoms with Crippen LogP contribution < -0.4 is 4.31 Å². The number of hydrogen-bond acceptors (Lipinski definition) is 5. The van der Waals surface area contributed by atoms with Crippen molar-refractivity contribution in [2.45, 2.75) is 6.42 Å². The van der Waals surface area contributed by atoms with E-state index in [0.717, 1.165) is 10.4 Å². The number of hydrogen-bond donors (Lipinski definition) is 2. The first-order valence-corrected chi connectivity index (χ1v) is 8.30. The normalized spacial score (nSPS) is 17.1. The Hall–Kier alpha value is -1.93. The topological polar surface area (TPSA) is 91.0 Å². The van der Waals surface area contributed by atoms with Gasteiger partial charge in [-0.05, 0) is 24.6 Å². The lowest BCUT2D eigenvalue weighted by Crippen LogP contribution is -2.24. The SMILES string of the molecule is O=S1(=O)CCCN1c1oc(-c2ccc(Cl)c(F)c2)c(O)c1O. The van der Waals surface area contributed by atoms with Gasteiger partial charge < -0.3 is 14.6 Å². The summed E-state index contributed by atoms with van der Waals surface area (Å²) in [4.78, 5) is 0. The Kier molecular flexibility index (Phi) is 3.45. The molecular weight excluding hydrogens is 337 g/mol. The predicted octanol–water partition coefficient (Wildman–Crippen LogP) is 2.69. The average Bonchev–Trinajstić information content (AvgIpc) is 2.94. The lowest BCUT2D eigenvalue weighted by Gasteiger charge is -2.12. The van der Waals surface area contributed by atoms with Gasteiger partial charge >= 0.3 is 0 Å². The molecular formula is C13H11ClFNO5S. The molecule has 1 aliphatic heterocycles. The van der Waals surface area contributed by atoms with Crippen LogP contribution in [0.4, 0.5) is 10.3 Å². The van der Waals surface area contributed by atoms with Crippen molar-refractivity contribution in [2.24, 2.45) is 0 Å². The van der Waals surface area contributed by atoms with Crippen LogP contribution in [0.25, 0.3) is 11.3 Å². The molecule has 0 saturated carbocycles. The van der Waals surface area contributed by atoms with Crippen LogP contribution in [0.1, 0.15) is 6.42 Å². The summed E-state index contributed by atoms with van der Waals surface area (Å²) >= 11 is 5.58. The molecule has 0 spiro atoms.